The lowest BCUT2D eigenvalue weighted by atomic mass is 9.95. The van der Waals surface area contributed by atoms with Gasteiger partial charge in [0, 0.05) is 30.5 Å². The van der Waals surface area contributed by atoms with Crippen LogP contribution in [-0.4, -0.2) is 46.4 Å². The van der Waals surface area contributed by atoms with E-state index in [1.54, 1.807) is 11.0 Å². The van der Waals surface area contributed by atoms with Gasteiger partial charge in [0.2, 0.25) is 11.8 Å². The second-order valence-corrected chi connectivity index (χ2v) is 7.97. The topological polar surface area (TPSA) is 103 Å². The number of carbonyl (C=O) groups excluding carboxylic acids is 3. The molecule has 1 spiro atoms. The van der Waals surface area contributed by atoms with Crippen molar-refractivity contribution >= 4 is 39.9 Å². The average molecular weight is 399 g/mol. The number of thiazole rings is 1. The predicted octanol–water partition coefficient (Wildman–Crippen LogP) is 1.95. The highest BCUT2D eigenvalue weighted by molar-refractivity contribution is 7.13. The summed E-state index contributed by atoms with van der Waals surface area (Å²) in [5, 5.41) is 11.5. The maximum atomic E-state index is 12.6. The van der Waals surface area contributed by atoms with Crippen molar-refractivity contribution in [2.24, 2.45) is 0 Å². The molecule has 1 fully saturated rings. The van der Waals surface area contributed by atoms with E-state index < -0.39 is 5.66 Å². The third kappa shape index (κ3) is 3.70. The molecule has 28 heavy (non-hydrogen) atoms. The van der Waals surface area contributed by atoms with E-state index in [9.17, 15) is 14.4 Å². The van der Waals surface area contributed by atoms with Gasteiger partial charge in [0.1, 0.15) is 5.66 Å². The molecule has 2 aliphatic heterocycles. The first-order chi connectivity index (χ1) is 13.4. The van der Waals surface area contributed by atoms with Gasteiger partial charge >= 0.3 is 0 Å². The largest absolute Gasteiger partial charge is 0.362 e. The molecule has 0 bridgehead atoms. The number of anilines is 2. The Balaban J connectivity index is 1.43. The normalized spacial score (nSPS) is 21.5. The van der Waals surface area contributed by atoms with Crippen LogP contribution >= 0.6 is 11.3 Å². The summed E-state index contributed by atoms with van der Waals surface area (Å²) in [5.74, 6) is -0.519. The molecule has 0 unspecified atom stereocenters. The molecule has 4 rings (SSSR count). The highest BCUT2D eigenvalue weighted by atomic mass is 32.1. The summed E-state index contributed by atoms with van der Waals surface area (Å²) >= 11 is 1.35. The number of hydrogen-bond donors (Lipinski definition) is 3. The Hall–Kier alpha value is -2.94. The molecule has 0 saturated carbocycles. The number of benzene rings is 1. The zero-order valence-corrected chi connectivity index (χ0v) is 16.3. The lowest BCUT2D eigenvalue weighted by Crippen LogP contribution is -2.58. The van der Waals surface area contributed by atoms with E-state index in [-0.39, 0.29) is 30.7 Å². The summed E-state index contributed by atoms with van der Waals surface area (Å²) in [4.78, 5) is 43.1. The minimum absolute atomic E-state index is 0.0297. The van der Waals surface area contributed by atoms with Gasteiger partial charge in [-0.1, -0.05) is 12.1 Å². The van der Waals surface area contributed by atoms with Gasteiger partial charge in [-0.05, 0) is 25.5 Å². The Bertz CT molecular complexity index is 943. The van der Waals surface area contributed by atoms with Gasteiger partial charge < -0.3 is 20.9 Å². The molecular weight excluding hydrogens is 378 g/mol. The summed E-state index contributed by atoms with van der Waals surface area (Å²) in [6.45, 7) is 2.20. The number of para-hydroxylation sites is 1. The zero-order chi connectivity index (χ0) is 19.7. The molecule has 1 atom stereocenters. The quantitative estimate of drug-likeness (QED) is 0.732. The fraction of sp³-hybridized carbons (Fsp3) is 0.368. The second kappa shape index (κ2) is 7.23. The third-order valence-electron chi connectivity index (χ3n) is 5.03. The first kappa shape index (κ1) is 18.4. The van der Waals surface area contributed by atoms with Crippen LogP contribution in [0.5, 0.6) is 0 Å². The van der Waals surface area contributed by atoms with Gasteiger partial charge in [0.15, 0.2) is 5.13 Å². The lowest BCUT2D eigenvalue weighted by molar-refractivity contribution is -0.134. The van der Waals surface area contributed by atoms with Gasteiger partial charge in [-0.2, -0.15) is 0 Å². The molecule has 2 aromatic rings. The Morgan fingerprint density at radius 1 is 1.29 bits per heavy atom. The summed E-state index contributed by atoms with van der Waals surface area (Å²) in [6.07, 6.45) is 1.23. The van der Waals surface area contributed by atoms with E-state index in [4.69, 9.17) is 0 Å². The Morgan fingerprint density at radius 2 is 2.11 bits per heavy atom. The first-order valence-corrected chi connectivity index (χ1v) is 10.0. The van der Waals surface area contributed by atoms with Gasteiger partial charge in [0.25, 0.3) is 5.91 Å². The van der Waals surface area contributed by atoms with Crippen molar-refractivity contribution in [3.63, 3.8) is 0 Å². The predicted molar refractivity (Wildman–Crippen MR) is 106 cm³/mol. The van der Waals surface area contributed by atoms with Crippen LogP contribution in [0.3, 0.4) is 0 Å². The fourth-order valence-electron chi connectivity index (χ4n) is 3.58. The molecule has 3 N–H and O–H groups in total. The van der Waals surface area contributed by atoms with Crippen LogP contribution in [0.1, 0.15) is 35.3 Å². The van der Waals surface area contributed by atoms with Crippen LogP contribution in [0.15, 0.2) is 29.6 Å². The molecule has 3 amide bonds. The average Bonchev–Trinajstić information content (AvgIpc) is 3.01. The Morgan fingerprint density at radius 3 is 2.89 bits per heavy atom. The van der Waals surface area contributed by atoms with Crippen LogP contribution in [0, 0.1) is 6.92 Å². The van der Waals surface area contributed by atoms with Crippen molar-refractivity contribution in [3.8, 4) is 0 Å². The standard InChI is InChI=1S/C19H21N5O3S/c1-12-11-28-18(20-12)21-15(25)10-24-9-8-19(7-6-16(24)26)22-14-5-3-2-4-13(14)17(27)23-19/h2-5,11,22H,6-10H2,1H3,(H,23,27)(H,20,21,25)/t19-/m1/s1. The van der Waals surface area contributed by atoms with Gasteiger partial charge in [-0.25, -0.2) is 4.98 Å². The van der Waals surface area contributed by atoms with Gasteiger partial charge in [-0.3, -0.25) is 14.4 Å². The molecule has 146 valence electrons. The van der Waals surface area contributed by atoms with E-state index in [0.717, 1.165) is 11.4 Å². The number of hydrogen-bond acceptors (Lipinski definition) is 6. The number of fused-ring (bicyclic) bond motifs is 1. The van der Waals surface area contributed by atoms with Crippen molar-refractivity contribution in [1.29, 1.82) is 0 Å². The van der Waals surface area contributed by atoms with E-state index in [1.165, 1.54) is 11.3 Å². The highest BCUT2D eigenvalue weighted by Gasteiger charge is 2.40. The number of amides is 3. The van der Waals surface area contributed by atoms with E-state index in [1.807, 2.05) is 30.5 Å². The first-order valence-electron chi connectivity index (χ1n) is 9.14. The molecule has 0 radical (unpaired) electrons. The van der Waals surface area contributed by atoms with Crippen LogP contribution < -0.4 is 16.0 Å². The van der Waals surface area contributed by atoms with Crippen LogP contribution in [0.2, 0.25) is 0 Å². The van der Waals surface area contributed by atoms with Crippen molar-refractivity contribution in [2.45, 2.75) is 31.8 Å². The van der Waals surface area contributed by atoms with Crippen molar-refractivity contribution in [1.82, 2.24) is 15.2 Å². The van der Waals surface area contributed by atoms with E-state index >= 15 is 0 Å². The number of aryl methyl sites for hydroxylation is 1. The number of carbonyl (C=O) groups is 3. The van der Waals surface area contributed by atoms with Crippen molar-refractivity contribution < 1.29 is 14.4 Å². The summed E-state index contributed by atoms with van der Waals surface area (Å²) < 4.78 is 0. The molecule has 3 heterocycles. The minimum Gasteiger partial charge on any atom is -0.362 e. The second-order valence-electron chi connectivity index (χ2n) is 7.11. The molecule has 1 aromatic carbocycles. The zero-order valence-electron chi connectivity index (χ0n) is 15.4. The summed E-state index contributed by atoms with van der Waals surface area (Å²) in [6, 6.07) is 7.32. The van der Waals surface area contributed by atoms with Crippen LogP contribution in [0.25, 0.3) is 0 Å². The van der Waals surface area contributed by atoms with E-state index in [2.05, 4.69) is 20.9 Å². The fourth-order valence-corrected chi connectivity index (χ4v) is 4.28. The smallest absolute Gasteiger partial charge is 0.255 e. The molecule has 1 aromatic heterocycles. The highest BCUT2D eigenvalue weighted by Crippen LogP contribution is 2.31. The van der Waals surface area contributed by atoms with Gasteiger partial charge in [0.05, 0.1) is 17.8 Å². The van der Waals surface area contributed by atoms with Crippen LogP contribution in [-0.2, 0) is 9.59 Å². The monoisotopic (exact) mass is 399 g/mol. The number of nitrogens with zero attached hydrogens (tertiary/aromatic N) is 2. The molecular formula is C19H21N5O3S. The van der Waals surface area contributed by atoms with Crippen LogP contribution in [0.4, 0.5) is 10.8 Å². The van der Waals surface area contributed by atoms with E-state index in [0.29, 0.717) is 30.1 Å². The molecule has 8 nitrogen and oxygen atoms in total. The molecule has 0 aliphatic carbocycles. The Labute approximate surface area is 166 Å². The van der Waals surface area contributed by atoms with Gasteiger partial charge in [-0.15, -0.1) is 11.3 Å². The Kier molecular flexibility index (Phi) is 4.76. The number of likely N-dealkylation sites (tertiary alicyclic amines) is 1. The summed E-state index contributed by atoms with van der Waals surface area (Å²) in [7, 11) is 0. The number of nitrogens with one attached hydrogen (secondary N) is 3. The number of aromatic nitrogens is 1. The molecule has 2 aliphatic rings. The molecule has 1 saturated heterocycles. The maximum absolute atomic E-state index is 12.6. The lowest BCUT2D eigenvalue weighted by Gasteiger charge is -2.39. The van der Waals surface area contributed by atoms with Crippen molar-refractivity contribution in [3.05, 3.63) is 40.9 Å². The molecule has 9 heteroatoms. The number of rotatable bonds is 3. The SMILES string of the molecule is Cc1csc(NC(=O)CN2CC[C@@]3(CCC2=O)NC(=O)c2ccccc2N3)n1. The van der Waals surface area contributed by atoms with Crippen molar-refractivity contribution in [2.75, 3.05) is 23.7 Å². The third-order valence-corrected chi connectivity index (χ3v) is 5.90. The minimum atomic E-state index is -0.682. The maximum Gasteiger partial charge on any atom is 0.255 e. The summed E-state index contributed by atoms with van der Waals surface area (Å²) in [5.41, 5.74) is 1.52.